The van der Waals surface area contributed by atoms with Gasteiger partial charge in [0.15, 0.2) is 0 Å². The van der Waals surface area contributed by atoms with Gasteiger partial charge in [0.2, 0.25) is 0 Å². The summed E-state index contributed by atoms with van der Waals surface area (Å²) < 4.78 is 0. The number of nitrogens with one attached hydrogen (secondary N) is 3. The van der Waals surface area contributed by atoms with Gasteiger partial charge in [-0.25, -0.2) is 4.79 Å². The molecule has 0 aliphatic heterocycles. The molecule has 0 heterocycles. The van der Waals surface area contributed by atoms with Gasteiger partial charge in [0.05, 0.1) is 0 Å². The molecular weight excluding hydrogens is 194 g/mol. The number of rotatable bonds is 4. The lowest BCUT2D eigenvalue weighted by atomic mass is 10.2. The molecule has 0 aromatic heterocycles. The Balaban J connectivity index is 2.26. The zero-order chi connectivity index (χ0) is 11.1. The fourth-order valence-electron chi connectivity index (χ4n) is 1.00. The zero-order valence-corrected chi connectivity index (χ0v) is 8.12. The summed E-state index contributed by atoms with van der Waals surface area (Å²) in [5.74, 6) is -0.815. The number of carbonyl (C=O) groups excluding carboxylic acids is 2. The first-order chi connectivity index (χ1) is 7.18. The summed E-state index contributed by atoms with van der Waals surface area (Å²) in [5.41, 5.74) is 7.56. The Morgan fingerprint density at radius 2 is 1.80 bits per heavy atom. The summed E-state index contributed by atoms with van der Waals surface area (Å²) in [6, 6.07) is 8.97. The van der Waals surface area contributed by atoms with E-state index < -0.39 is 11.9 Å². The van der Waals surface area contributed by atoms with Gasteiger partial charge < -0.3 is 10.6 Å². The fourth-order valence-corrected chi connectivity index (χ4v) is 1.00. The Kier molecular flexibility index (Phi) is 4.15. The minimum absolute atomic E-state index is 0.263. The summed E-state index contributed by atoms with van der Waals surface area (Å²) in [5, 5.41) is 4.83. The van der Waals surface area contributed by atoms with E-state index in [1.807, 2.05) is 30.3 Å². The molecule has 3 amide bonds. The van der Waals surface area contributed by atoms with Gasteiger partial charge in [-0.05, 0) is 5.56 Å². The first kappa shape index (κ1) is 11.0. The van der Waals surface area contributed by atoms with Crippen LogP contribution in [-0.2, 0) is 11.3 Å². The molecule has 1 aromatic rings. The third-order valence-corrected chi connectivity index (χ3v) is 1.71. The van der Waals surface area contributed by atoms with E-state index in [-0.39, 0.29) is 6.54 Å². The van der Waals surface area contributed by atoms with Crippen molar-refractivity contribution < 1.29 is 9.59 Å². The molecule has 0 atom stereocenters. The summed E-state index contributed by atoms with van der Waals surface area (Å²) >= 11 is 0. The largest absolute Gasteiger partial charge is 0.334 e. The first-order valence-corrected chi connectivity index (χ1v) is 4.48. The third-order valence-electron chi connectivity index (χ3n) is 1.71. The predicted molar refractivity (Wildman–Crippen MR) is 54.8 cm³/mol. The van der Waals surface area contributed by atoms with E-state index in [2.05, 4.69) is 10.6 Å². The monoisotopic (exact) mass is 206 g/mol. The molecule has 0 unspecified atom stereocenters. The maximum absolute atomic E-state index is 11.1. The highest BCUT2D eigenvalue weighted by Crippen LogP contribution is 1.96. The predicted octanol–water partition coefficient (Wildman–Crippen LogP) is 0.295. The molecule has 5 heteroatoms. The van der Waals surface area contributed by atoms with Gasteiger partial charge >= 0.3 is 6.03 Å². The number of hydrogen-bond donors (Lipinski definition) is 2. The maximum Gasteiger partial charge on any atom is 0.315 e. The highest BCUT2D eigenvalue weighted by Gasteiger charge is 2.01. The number of carbonyl (C=O) groups is 2. The van der Waals surface area contributed by atoms with Gasteiger partial charge in [-0.15, -0.1) is 0 Å². The quantitative estimate of drug-likeness (QED) is 0.742. The molecular formula is C10H12N3O2. The summed E-state index contributed by atoms with van der Waals surface area (Å²) in [4.78, 5) is 21.3. The standard InChI is InChI=1S/C10H12N3O2/c11-9(14)7-13-10(15)12-6-8-4-2-1-3-5-8/h1-5,11H,6-7H2,(H2,12,13,15). The Labute approximate surface area is 87.7 Å². The van der Waals surface area contributed by atoms with E-state index >= 15 is 0 Å². The summed E-state index contributed by atoms with van der Waals surface area (Å²) in [6.45, 7) is 0.138. The van der Waals surface area contributed by atoms with Crippen molar-refractivity contribution in [1.29, 1.82) is 0 Å². The van der Waals surface area contributed by atoms with Crippen LogP contribution in [0.3, 0.4) is 0 Å². The third kappa shape index (κ3) is 4.66. The van der Waals surface area contributed by atoms with Crippen LogP contribution in [0.4, 0.5) is 4.79 Å². The highest BCUT2D eigenvalue weighted by atomic mass is 16.2. The van der Waals surface area contributed by atoms with Crippen molar-refractivity contribution in [2.24, 2.45) is 0 Å². The molecule has 1 aromatic carbocycles. The van der Waals surface area contributed by atoms with E-state index in [1.165, 1.54) is 0 Å². The Morgan fingerprint density at radius 1 is 1.13 bits per heavy atom. The van der Waals surface area contributed by atoms with Gasteiger partial charge in [0, 0.05) is 6.54 Å². The minimum Gasteiger partial charge on any atom is -0.334 e. The smallest absolute Gasteiger partial charge is 0.315 e. The molecule has 0 fully saturated rings. The average Bonchev–Trinajstić information content (AvgIpc) is 2.25. The molecule has 1 radical (unpaired) electrons. The van der Waals surface area contributed by atoms with E-state index in [4.69, 9.17) is 5.73 Å². The SMILES string of the molecule is [NH]C(=O)CNC(=O)NCc1ccccc1. The van der Waals surface area contributed by atoms with Crippen molar-refractivity contribution >= 4 is 11.9 Å². The van der Waals surface area contributed by atoms with Crippen LogP contribution in [0.2, 0.25) is 0 Å². The van der Waals surface area contributed by atoms with Crippen molar-refractivity contribution in [3.63, 3.8) is 0 Å². The van der Waals surface area contributed by atoms with Crippen LogP contribution in [0.1, 0.15) is 5.56 Å². The van der Waals surface area contributed by atoms with Crippen molar-refractivity contribution in [3.8, 4) is 0 Å². The van der Waals surface area contributed by atoms with Crippen molar-refractivity contribution in [1.82, 2.24) is 16.4 Å². The van der Waals surface area contributed by atoms with E-state index in [9.17, 15) is 9.59 Å². The Morgan fingerprint density at radius 3 is 2.40 bits per heavy atom. The number of amides is 3. The molecule has 1 rings (SSSR count). The summed E-state index contributed by atoms with van der Waals surface area (Å²) in [6.07, 6.45) is 0. The lowest BCUT2D eigenvalue weighted by molar-refractivity contribution is -0.117. The average molecular weight is 206 g/mol. The van der Waals surface area contributed by atoms with Crippen LogP contribution in [-0.4, -0.2) is 18.5 Å². The van der Waals surface area contributed by atoms with Gasteiger partial charge in [0.25, 0.3) is 5.91 Å². The second kappa shape index (κ2) is 5.64. The molecule has 0 saturated carbocycles. The fraction of sp³-hybridized carbons (Fsp3) is 0.200. The maximum atomic E-state index is 11.1. The molecule has 15 heavy (non-hydrogen) atoms. The number of hydrogen-bond acceptors (Lipinski definition) is 2. The van der Waals surface area contributed by atoms with Crippen molar-refractivity contribution in [2.45, 2.75) is 6.54 Å². The van der Waals surface area contributed by atoms with Crippen LogP contribution in [0.25, 0.3) is 0 Å². The van der Waals surface area contributed by atoms with Gasteiger partial charge in [-0.1, -0.05) is 30.3 Å². The van der Waals surface area contributed by atoms with Crippen LogP contribution in [0.15, 0.2) is 30.3 Å². The molecule has 79 valence electrons. The van der Waals surface area contributed by atoms with Crippen LogP contribution in [0.5, 0.6) is 0 Å². The minimum atomic E-state index is -0.815. The highest BCUT2D eigenvalue weighted by molar-refractivity contribution is 5.82. The van der Waals surface area contributed by atoms with Gasteiger partial charge in [-0.3, -0.25) is 10.5 Å². The lowest BCUT2D eigenvalue weighted by Gasteiger charge is -2.05. The van der Waals surface area contributed by atoms with E-state index in [1.54, 1.807) is 0 Å². The Hall–Kier alpha value is -2.04. The molecule has 0 aliphatic carbocycles. The van der Waals surface area contributed by atoms with Crippen LogP contribution in [0, 0.1) is 0 Å². The first-order valence-electron chi connectivity index (χ1n) is 4.48. The van der Waals surface area contributed by atoms with Crippen molar-refractivity contribution in [2.75, 3.05) is 6.54 Å². The normalized spacial score (nSPS) is 9.33. The second-order valence-corrected chi connectivity index (χ2v) is 2.95. The van der Waals surface area contributed by atoms with E-state index in [0.29, 0.717) is 6.54 Å². The number of urea groups is 1. The van der Waals surface area contributed by atoms with Crippen LogP contribution < -0.4 is 16.4 Å². The van der Waals surface area contributed by atoms with Crippen molar-refractivity contribution in [3.05, 3.63) is 35.9 Å². The molecule has 0 aliphatic rings. The molecule has 3 N–H and O–H groups in total. The lowest BCUT2D eigenvalue weighted by Crippen LogP contribution is -2.38. The Bertz CT molecular complexity index is 338. The number of benzene rings is 1. The second-order valence-electron chi connectivity index (χ2n) is 2.95. The van der Waals surface area contributed by atoms with Gasteiger partial charge in [-0.2, -0.15) is 0 Å². The van der Waals surface area contributed by atoms with Gasteiger partial charge in [0.1, 0.15) is 6.54 Å². The van der Waals surface area contributed by atoms with Crippen LogP contribution >= 0.6 is 0 Å². The summed E-state index contributed by atoms with van der Waals surface area (Å²) in [7, 11) is 0. The zero-order valence-electron chi connectivity index (χ0n) is 8.12. The molecule has 0 saturated heterocycles. The molecule has 0 bridgehead atoms. The molecule has 5 nitrogen and oxygen atoms in total. The molecule has 0 spiro atoms. The topological polar surface area (TPSA) is 82.0 Å². The van der Waals surface area contributed by atoms with E-state index in [0.717, 1.165) is 5.56 Å².